The maximum absolute atomic E-state index is 13.2. The number of aromatic nitrogens is 1. The summed E-state index contributed by atoms with van der Waals surface area (Å²) < 4.78 is 13.2. The van der Waals surface area contributed by atoms with Crippen LogP contribution in [0.2, 0.25) is 0 Å². The third kappa shape index (κ3) is 4.83. The van der Waals surface area contributed by atoms with Crippen LogP contribution in [0.25, 0.3) is 11.3 Å². The van der Waals surface area contributed by atoms with Crippen molar-refractivity contribution in [3.05, 3.63) is 35.6 Å². The molecule has 2 N–H and O–H groups in total. The summed E-state index contributed by atoms with van der Waals surface area (Å²) in [5.41, 5.74) is 3.13. The lowest BCUT2D eigenvalue weighted by Crippen LogP contribution is -2.41. The van der Waals surface area contributed by atoms with E-state index in [0.717, 1.165) is 56.9 Å². The van der Waals surface area contributed by atoms with Crippen LogP contribution in [0.3, 0.4) is 0 Å². The number of nitrogens with zero attached hydrogens (tertiary/aromatic N) is 1. The number of amides is 2. The van der Waals surface area contributed by atoms with Gasteiger partial charge in [-0.15, -0.1) is 11.3 Å². The van der Waals surface area contributed by atoms with Gasteiger partial charge in [0.2, 0.25) is 11.8 Å². The van der Waals surface area contributed by atoms with Gasteiger partial charge in [-0.2, -0.15) is 0 Å². The number of hydrogen-bond acceptors (Lipinski definition) is 4. The van der Waals surface area contributed by atoms with Gasteiger partial charge in [0.05, 0.1) is 5.51 Å². The molecule has 2 aliphatic rings. The van der Waals surface area contributed by atoms with E-state index in [-0.39, 0.29) is 35.5 Å². The van der Waals surface area contributed by atoms with Crippen LogP contribution in [0.4, 0.5) is 9.39 Å². The van der Waals surface area contributed by atoms with Gasteiger partial charge >= 0.3 is 0 Å². The highest BCUT2D eigenvalue weighted by atomic mass is 32.1. The first-order chi connectivity index (χ1) is 14.1. The Hall–Kier alpha value is -2.28. The zero-order chi connectivity index (χ0) is 20.2. The number of nitrogens with one attached hydrogen (secondary N) is 2. The summed E-state index contributed by atoms with van der Waals surface area (Å²) in [5, 5.41) is 6.89. The van der Waals surface area contributed by atoms with Crippen LogP contribution >= 0.6 is 11.3 Å². The van der Waals surface area contributed by atoms with E-state index < -0.39 is 0 Å². The van der Waals surface area contributed by atoms with E-state index in [1.807, 2.05) is 0 Å². The van der Waals surface area contributed by atoms with E-state index >= 15 is 0 Å². The maximum Gasteiger partial charge on any atom is 0.228 e. The van der Waals surface area contributed by atoms with Crippen molar-refractivity contribution in [2.75, 3.05) is 5.32 Å². The SMILES string of the molecule is O=C(Nc1scnc1-c1ccc(F)cc1)C1CCC(NC(=O)C2CCCC2)CC1. The number of anilines is 1. The summed E-state index contributed by atoms with van der Waals surface area (Å²) in [7, 11) is 0. The lowest BCUT2D eigenvalue weighted by atomic mass is 9.85. The zero-order valence-electron chi connectivity index (χ0n) is 16.3. The van der Waals surface area contributed by atoms with Crippen molar-refractivity contribution in [1.29, 1.82) is 0 Å². The van der Waals surface area contributed by atoms with Gasteiger partial charge < -0.3 is 10.6 Å². The molecule has 1 heterocycles. The Balaban J connectivity index is 1.30. The lowest BCUT2D eigenvalue weighted by molar-refractivity contribution is -0.125. The molecule has 1 aromatic carbocycles. The predicted octanol–water partition coefficient (Wildman–Crippen LogP) is 4.75. The quantitative estimate of drug-likeness (QED) is 0.740. The molecule has 1 aromatic heterocycles. The van der Waals surface area contributed by atoms with Crippen molar-refractivity contribution >= 4 is 28.2 Å². The van der Waals surface area contributed by atoms with Crippen molar-refractivity contribution in [3.63, 3.8) is 0 Å². The minimum atomic E-state index is -0.300. The van der Waals surface area contributed by atoms with Crippen molar-refractivity contribution in [2.24, 2.45) is 11.8 Å². The molecule has 154 valence electrons. The molecule has 0 radical (unpaired) electrons. The van der Waals surface area contributed by atoms with Gasteiger partial charge in [0, 0.05) is 23.4 Å². The van der Waals surface area contributed by atoms with Crippen molar-refractivity contribution < 1.29 is 14.0 Å². The molecule has 0 unspecified atom stereocenters. The maximum atomic E-state index is 13.2. The molecule has 7 heteroatoms. The molecular weight excluding hydrogens is 389 g/mol. The second kappa shape index (κ2) is 9.03. The fraction of sp³-hybridized carbons (Fsp3) is 0.500. The first kappa shape index (κ1) is 20.0. The fourth-order valence-electron chi connectivity index (χ4n) is 4.37. The number of rotatable bonds is 5. The molecule has 2 aromatic rings. The van der Waals surface area contributed by atoms with Crippen LogP contribution in [-0.4, -0.2) is 22.8 Å². The molecular formula is C22H26FN3O2S. The van der Waals surface area contributed by atoms with Gasteiger partial charge in [0.15, 0.2) is 0 Å². The molecule has 2 fully saturated rings. The fourth-order valence-corrected chi connectivity index (χ4v) is 5.07. The Labute approximate surface area is 174 Å². The van der Waals surface area contributed by atoms with E-state index in [0.29, 0.717) is 10.7 Å². The van der Waals surface area contributed by atoms with Crippen molar-refractivity contribution in [2.45, 2.75) is 57.4 Å². The number of halogens is 1. The zero-order valence-corrected chi connectivity index (χ0v) is 17.1. The molecule has 2 saturated carbocycles. The van der Waals surface area contributed by atoms with Gasteiger partial charge in [-0.3, -0.25) is 9.59 Å². The molecule has 2 aliphatic carbocycles. The highest BCUT2D eigenvalue weighted by Gasteiger charge is 2.30. The van der Waals surface area contributed by atoms with Crippen LogP contribution in [0.1, 0.15) is 51.4 Å². The smallest absolute Gasteiger partial charge is 0.228 e. The molecule has 4 rings (SSSR count). The minimum Gasteiger partial charge on any atom is -0.353 e. The van der Waals surface area contributed by atoms with Gasteiger partial charge in [-0.1, -0.05) is 12.8 Å². The standard InChI is InChI=1S/C22H26FN3O2S/c23-17-9-5-14(6-10-17)19-22(29-13-24-19)26-21(28)16-7-11-18(12-8-16)25-20(27)15-3-1-2-4-15/h5-6,9-10,13,15-16,18H,1-4,7-8,11-12H2,(H,25,27)(H,26,28). The third-order valence-corrected chi connectivity index (χ3v) is 6.83. The molecule has 0 saturated heterocycles. The van der Waals surface area contributed by atoms with Crippen LogP contribution in [0.15, 0.2) is 29.8 Å². The molecule has 2 amide bonds. The highest BCUT2D eigenvalue weighted by Crippen LogP contribution is 2.33. The van der Waals surface area contributed by atoms with Crippen LogP contribution in [-0.2, 0) is 9.59 Å². The van der Waals surface area contributed by atoms with Gasteiger partial charge in [-0.25, -0.2) is 9.37 Å². The molecule has 0 spiro atoms. The largest absolute Gasteiger partial charge is 0.353 e. The van der Waals surface area contributed by atoms with E-state index in [4.69, 9.17) is 0 Å². The highest BCUT2D eigenvalue weighted by molar-refractivity contribution is 7.14. The Bertz CT molecular complexity index is 853. The molecule has 0 aliphatic heterocycles. The van der Waals surface area contributed by atoms with Gasteiger partial charge in [-0.05, 0) is 62.8 Å². The Morgan fingerprint density at radius 3 is 2.28 bits per heavy atom. The van der Waals surface area contributed by atoms with E-state index in [1.165, 1.54) is 23.5 Å². The average molecular weight is 416 g/mol. The topological polar surface area (TPSA) is 71.1 Å². The number of hydrogen-bond donors (Lipinski definition) is 2. The molecule has 29 heavy (non-hydrogen) atoms. The summed E-state index contributed by atoms with van der Waals surface area (Å²) in [6, 6.07) is 6.30. The second-order valence-electron chi connectivity index (χ2n) is 8.06. The molecule has 5 nitrogen and oxygen atoms in total. The number of thiazole rings is 1. The summed E-state index contributed by atoms with van der Waals surface area (Å²) in [5.74, 6) is 0.0264. The van der Waals surface area contributed by atoms with Crippen LogP contribution < -0.4 is 10.6 Å². The van der Waals surface area contributed by atoms with E-state index in [2.05, 4.69) is 15.6 Å². The Morgan fingerprint density at radius 1 is 0.931 bits per heavy atom. The van der Waals surface area contributed by atoms with Gasteiger partial charge in [0.25, 0.3) is 0 Å². The first-order valence-corrected chi connectivity index (χ1v) is 11.3. The third-order valence-electron chi connectivity index (χ3n) is 6.09. The number of benzene rings is 1. The normalized spacial score (nSPS) is 22.4. The lowest BCUT2D eigenvalue weighted by Gasteiger charge is -2.29. The Kier molecular flexibility index (Phi) is 6.23. The number of carbonyl (C=O) groups is 2. The summed E-state index contributed by atoms with van der Waals surface area (Å²) >= 11 is 1.37. The van der Waals surface area contributed by atoms with Crippen molar-refractivity contribution in [3.8, 4) is 11.3 Å². The Morgan fingerprint density at radius 2 is 1.59 bits per heavy atom. The average Bonchev–Trinajstić information content (AvgIpc) is 3.41. The monoisotopic (exact) mass is 415 g/mol. The van der Waals surface area contributed by atoms with Gasteiger partial charge in [0.1, 0.15) is 16.5 Å². The first-order valence-electron chi connectivity index (χ1n) is 10.4. The molecule has 0 bridgehead atoms. The summed E-state index contributed by atoms with van der Waals surface area (Å²) in [4.78, 5) is 29.4. The van der Waals surface area contributed by atoms with E-state index in [1.54, 1.807) is 17.6 Å². The number of carbonyl (C=O) groups excluding carboxylic acids is 2. The van der Waals surface area contributed by atoms with Crippen LogP contribution in [0.5, 0.6) is 0 Å². The van der Waals surface area contributed by atoms with E-state index in [9.17, 15) is 14.0 Å². The van der Waals surface area contributed by atoms with Crippen LogP contribution in [0, 0.1) is 17.7 Å². The predicted molar refractivity (Wildman–Crippen MR) is 112 cm³/mol. The van der Waals surface area contributed by atoms with Crippen molar-refractivity contribution in [1.82, 2.24) is 10.3 Å². The summed E-state index contributed by atoms with van der Waals surface area (Å²) in [6.45, 7) is 0. The minimum absolute atomic E-state index is 0.00168. The molecule has 0 atom stereocenters. The summed E-state index contributed by atoms with van der Waals surface area (Å²) in [6.07, 6.45) is 7.54. The second-order valence-corrected chi connectivity index (χ2v) is 8.92.